The van der Waals surface area contributed by atoms with Gasteiger partial charge in [0.05, 0.1) is 11.1 Å². The minimum atomic E-state index is -0.242. The van der Waals surface area contributed by atoms with Gasteiger partial charge in [-0.05, 0) is 50.6 Å². The van der Waals surface area contributed by atoms with Crippen LogP contribution in [0.25, 0.3) is 10.9 Å². The van der Waals surface area contributed by atoms with Gasteiger partial charge in [0, 0.05) is 18.1 Å². The molecule has 1 aromatic carbocycles. The van der Waals surface area contributed by atoms with Gasteiger partial charge in [-0.2, -0.15) is 0 Å². The van der Waals surface area contributed by atoms with Crippen molar-refractivity contribution in [3.05, 3.63) is 36.3 Å². The highest BCUT2D eigenvalue weighted by Crippen LogP contribution is 2.37. The van der Waals surface area contributed by atoms with E-state index >= 15 is 0 Å². The van der Waals surface area contributed by atoms with Gasteiger partial charge in [0.2, 0.25) is 5.91 Å². The number of hydrogen-bond acceptors (Lipinski definition) is 2. The third-order valence-electron chi connectivity index (χ3n) is 4.81. The number of benzene rings is 1. The van der Waals surface area contributed by atoms with E-state index in [1.54, 1.807) is 18.3 Å². The van der Waals surface area contributed by atoms with Gasteiger partial charge >= 0.3 is 0 Å². The molecule has 1 amide bonds. The molecule has 1 aliphatic carbocycles. The SMILES string of the molecule is O=C(Cn1ccc2c(F)cccc21)NC1(CN2CCC2)CC1. The van der Waals surface area contributed by atoms with Crippen LogP contribution in [0.1, 0.15) is 19.3 Å². The maximum atomic E-state index is 13.7. The molecule has 1 saturated carbocycles. The summed E-state index contributed by atoms with van der Waals surface area (Å²) in [6, 6.07) is 6.70. The van der Waals surface area contributed by atoms with E-state index in [-0.39, 0.29) is 23.8 Å². The van der Waals surface area contributed by atoms with Gasteiger partial charge < -0.3 is 14.8 Å². The fourth-order valence-corrected chi connectivity index (χ4v) is 3.26. The monoisotopic (exact) mass is 301 g/mol. The van der Waals surface area contributed by atoms with Crippen LogP contribution >= 0.6 is 0 Å². The van der Waals surface area contributed by atoms with Gasteiger partial charge in [-0.3, -0.25) is 4.79 Å². The molecule has 2 fully saturated rings. The normalized spacial score (nSPS) is 19.9. The molecule has 0 bridgehead atoms. The first-order valence-electron chi connectivity index (χ1n) is 7.92. The van der Waals surface area contributed by atoms with Crippen molar-refractivity contribution in [2.45, 2.75) is 31.3 Å². The lowest BCUT2D eigenvalue weighted by atomic mass is 10.1. The minimum Gasteiger partial charge on any atom is -0.348 e. The molecule has 22 heavy (non-hydrogen) atoms. The lowest BCUT2D eigenvalue weighted by Gasteiger charge is -2.34. The number of aromatic nitrogens is 1. The Labute approximate surface area is 128 Å². The van der Waals surface area contributed by atoms with Crippen LogP contribution in [-0.2, 0) is 11.3 Å². The van der Waals surface area contributed by atoms with Crippen LogP contribution in [-0.4, -0.2) is 40.5 Å². The molecule has 0 spiro atoms. The van der Waals surface area contributed by atoms with Crippen molar-refractivity contribution in [2.24, 2.45) is 0 Å². The first-order valence-corrected chi connectivity index (χ1v) is 7.92. The standard InChI is InChI=1S/C17H20FN3O/c18-14-3-1-4-15-13(14)5-10-21(15)11-16(22)19-17(6-7-17)12-20-8-2-9-20/h1,3-5,10H,2,6-9,11-12H2,(H,19,22). The third kappa shape index (κ3) is 2.50. The number of carbonyl (C=O) groups is 1. The van der Waals surface area contributed by atoms with E-state index in [1.807, 2.05) is 10.6 Å². The molecule has 0 atom stereocenters. The predicted molar refractivity (Wildman–Crippen MR) is 83.1 cm³/mol. The van der Waals surface area contributed by atoms with Crippen LogP contribution in [0.2, 0.25) is 0 Å². The molecule has 0 unspecified atom stereocenters. The van der Waals surface area contributed by atoms with E-state index in [0.717, 1.165) is 38.0 Å². The summed E-state index contributed by atoms with van der Waals surface area (Å²) in [4.78, 5) is 14.7. The van der Waals surface area contributed by atoms with Crippen LogP contribution in [0.15, 0.2) is 30.5 Å². The van der Waals surface area contributed by atoms with Crippen LogP contribution in [0.5, 0.6) is 0 Å². The fraction of sp³-hybridized carbons (Fsp3) is 0.471. The number of likely N-dealkylation sites (tertiary alicyclic amines) is 1. The zero-order valence-electron chi connectivity index (χ0n) is 12.5. The zero-order valence-corrected chi connectivity index (χ0v) is 12.5. The van der Waals surface area contributed by atoms with Crippen molar-refractivity contribution >= 4 is 16.8 Å². The summed E-state index contributed by atoms with van der Waals surface area (Å²) in [6.07, 6.45) is 5.18. The maximum Gasteiger partial charge on any atom is 0.240 e. The lowest BCUT2D eigenvalue weighted by Crippen LogP contribution is -2.50. The molecule has 116 valence electrons. The smallest absolute Gasteiger partial charge is 0.240 e. The molecule has 2 aliphatic rings. The average molecular weight is 301 g/mol. The Balaban J connectivity index is 1.44. The van der Waals surface area contributed by atoms with Crippen LogP contribution < -0.4 is 5.32 Å². The van der Waals surface area contributed by atoms with Gasteiger partial charge in [-0.25, -0.2) is 4.39 Å². The first kappa shape index (κ1) is 13.8. The Kier molecular flexibility index (Phi) is 3.18. The summed E-state index contributed by atoms with van der Waals surface area (Å²) >= 11 is 0. The Morgan fingerprint density at radius 3 is 2.77 bits per heavy atom. The van der Waals surface area contributed by atoms with Gasteiger partial charge in [-0.15, -0.1) is 0 Å². The predicted octanol–water partition coefficient (Wildman–Crippen LogP) is 2.13. The molecule has 1 saturated heterocycles. The quantitative estimate of drug-likeness (QED) is 0.918. The zero-order chi connectivity index (χ0) is 15.2. The van der Waals surface area contributed by atoms with E-state index in [0.29, 0.717) is 5.39 Å². The number of halogens is 1. The van der Waals surface area contributed by atoms with E-state index in [2.05, 4.69) is 10.2 Å². The maximum absolute atomic E-state index is 13.7. The summed E-state index contributed by atoms with van der Waals surface area (Å²) in [5.74, 6) is -0.229. The van der Waals surface area contributed by atoms with E-state index in [1.165, 1.54) is 12.5 Å². The molecule has 2 heterocycles. The molecule has 4 nitrogen and oxygen atoms in total. The molecular formula is C17H20FN3O. The van der Waals surface area contributed by atoms with Crippen molar-refractivity contribution in [2.75, 3.05) is 19.6 Å². The number of rotatable bonds is 5. The second-order valence-corrected chi connectivity index (χ2v) is 6.57. The second-order valence-electron chi connectivity index (χ2n) is 6.57. The molecule has 1 N–H and O–H groups in total. The number of hydrogen-bond donors (Lipinski definition) is 1. The highest BCUT2D eigenvalue weighted by Gasteiger charge is 2.45. The fourth-order valence-electron chi connectivity index (χ4n) is 3.26. The van der Waals surface area contributed by atoms with E-state index in [4.69, 9.17) is 0 Å². The Morgan fingerprint density at radius 1 is 1.27 bits per heavy atom. The Hall–Kier alpha value is -1.88. The number of carbonyl (C=O) groups excluding carboxylic acids is 1. The van der Waals surface area contributed by atoms with Crippen molar-refractivity contribution in [1.82, 2.24) is 14.8 Å². The number of nitrogens with zero attached hydrogens (tertiary/aromatic N) is 2. The Bertz CT molecular complexity index is 716. The molecule has 0 radical (unpaired) electrons. The second kappa shape index (κ2) is 5.09. The molecule has 1 aromatic heterocycles. The highest BCUT2D eigenvalue weighted by atomic mass is 19.1. The summed E-state index contributed by atoms with van der Waals surface area (Å²) in [7, 11) is 0. The largest absolute Gasteiger partial charge is 0.348 e. The van der Waals surface area contributed by atoms with Crippen molar-refractivity contribution in [3.8, 4) is 0 Å². The van der Waals surface area contributed by atoms with Gasteiger partial charge in [0.1, 0.15) is 12.4 Å². The number of fused-ring (bicyclic) bond motifs is 1. The van der Waals surface area contributed by atoms with Crippen LogP contribution in [0.4, 0.5) is 4.39 Å². The average Bonchev–Trinajstić information content (AvgIpc) is 3.07. The highest BCUT2D eigenvalue weighted by molar-refractivity contribution is 5.84. The van der Waals surface area contributed by atoms with Gasteiger partial charge in [-0.1, -0.05) is 6.07 Å². The first-order chi connectivity index (χ1) is 10.7. The molecular weight excluding hydrogens is 281 g/mol. The van der Waals surface area contributed by atoms with Crippen LogP contribution in [0.3, 0.4) is 0 Å². The van der Waals surface area contributed by atoms with Gasteiger partial charge in [0.25, 0.3) is 0 Å². The van der Waals surface area contributed by atoms with Crippen molar-refractivity contribution in [1.29, 1.82) is 0 Å². The topological polar surface area (TPSA) is 37.3 Å². The summed E-state index contributed by atoms with van der Waals surface area (Å²) in [5, 5.41) is 3.76. The number of nitrogens with one attached hydrogen (secondary N) is 1. The summed E-state index contributed by atoms with van der Waals surface area (Å²) in [5.41, 5.74) is 0.758. The lowest BCUT2D eigenvalue weighted by molar-refractivity contribution is -0.122. The minimum absolute atomic E-state index is 0.00822. The van der Waals surface area contributed by atoms with Crippen molar-refractivity contribution in [3.63, 3.8) is 0 Å². The van der Waals surface area contributed by atoms with Gasteiger partial charge in [0.15, 0.2) is 0 Å². The molecule has 1 aliphatic heterocycles. The molecule has 2 aromatic rings. The van der Waals surface area contributed by atoms with E-state index in [9.17, 15) is 9.18 Å². The third-order valence-corrected chi connectivity index (χ3v) is 4.81. The molecule has 5 heteroatoms. The summed E-state index contributed by atoms with van der Waals surface area (Å²) in [6.45, 7) is 3.52. The van der Waals surface area contributed by atoms with Crippen LogP contribution in [0, 0.1) is 5.82 Å². The number of amides is 1. The summed E-state index contributed by atoms with van der Waals surface area (Å²) < 4.78 is 15.5. The van der Waals surface area contributed by atoms with Crippen molar-refractivity contribution < 1.29 is 9.18 Å². The molecule has 4 rings (SSSR count). The Morgan fingerprint density at radius 2 is 2.09 bits per heavy atom. The van der Waals surface area contributed by atoms with E-state index < -0.39 is 0 Å².